The van der Waals surface area contributed by atoms with E-state index in [1.807, 2.05) is 18.2 Å². The first-order valence-corrected chi connectivity index (χ1v) is 7.65. The van der Waals surface area contributed by atoms with Gasteiger partial charge in [-0.15, -0.1) is 10.2 Å². The minimum atomic E-state index is -0.914. The molecule has 0 unspecified atom stereocenters. The summed E-state index contributed by atoms with van der Waals surface area (Å²) < 4.78 is 1.17. The van der Waals surface area contributed by atoms with Gasteiger partial charge in [0.15, 0.2) is 0 Å². The number of fused-ring (bicyclic) bond motifs is 1. The highest BCUT2D eigenvalue weighted by Gasteiger charge is 2.14. The van der Waals surface area contributed by atoms with Crippen LogP contribution in [-0.4, -0.2) is 30.9 Å². The number of aryl methyl sites for hydroxylation is 1. The minimum absolute atomic E-state index is 0.0462. The van der Waals surface area contributed by atoms with Crippen LogP contribution >= 0.6 is 11.3 Å². The van der Waals surface area contributed by atoms with Crippen LogP contribution in [0.5, 0.6) is 0 Å². The largest absolute Gasteiger partial charge is 0.481 e. The highest BCUT2D eigenvalue weighted by atomic mass is 32.1. The lowest BCUT2D eigenvalue weighted by Gasteiger charge is -2.03. The summed E-state index contributed by atoms with van der Waals surface area (Å²) in [5.41, 5.74) is 7.13. The maximum atomic E-state index is 12.4. The Bertz CT molecular complexity index is 934. The molecule has 2 heterocycles. The molecule has 2 aromatic heterocycles. The van der Waals surface area contributed by atoms with Crippen LogP contribution in [0.1, 0.15) is 22.7 Å². The maximum Gasteiger partial charge on any atom is 0.303 e. The molecule has 0 bridgehead atoms. The molecule has 3 rings (SSSR count). The molecule has 8 nitrogen and oxygen atoms in total. The number of anilines is 1. The van der Waals surface area contributed by atoms with Gasteiger partial charge < -0.3 is 10.8 Å². The molecule has 0 atom stereocenters. The Morgan fingerprint density at radius 2 is 2.09 bits per heavy atom. The van der Waals surface area contributed by atoms with Crippen molar-refractivity contribution in [3.63, 3.8) is 0 Å². The van der Waals surface area contributed by atoms with Gasteiger partial charge >= 0.3 is 5.97 Å². The molecule has 0 saturated heterocycles. The lowest BCUT2D eigenvalue weighted by Crippen LogP contribution is -2.22. The van der Waals surface area contributed by atoms with E-state index in [0.29, 0.717) is 15.7 Å². The monoisotopic (exact) mass is 331 g/mol. The van der Waals surface area contributed by atoms with Crippen LogP contribution < -0.4 is 11.3 Å². The van der Waals surface area contributed by atoms with Crippen molar-refractivity contribution in [1.29, 1.82) is 0 Å². The number of nitrogens with two attached hydrogens (primary N) is 1. The van der Waals surface area contributed by atoms with E-state index in [1.165, 1.54) is 4.52 Å². The highest BCUT2D eigenvalue weighted by molar-refractivity contribution is 7.16. The number of carboxylic acid groups (broad SMARTS) is 1. The number of nitrogens with zero attached hydrogens (tertiary/aromatic N) is 4. The molecule has 0 saturated carbocycles. The third-order valence-electron chi connectivity index (χ3n) is 3.26. The van der Waals surface area contributed by atoms with Crippen molar-refractivity contribution < 1.29 is 9.90 Å². The Hall–Kier alpha value is -2.81. The van der Waals surface area contributed by atoms with Crippen LogP contribution in [0.2, 0.25) is 0 Å². The SMILES string of the molecule is Nc1ccccc1Cc1nnc2sc(CCC(=O)O)nn2c1=O. The van der Waals surface area contributed by atoms with E-state index in [9.17, 15) is 9.59 Å². The highest BCUT2D eigenvalue weighted by Crippen LogP contribution is 2.15. The first-order chi connectivity index (χ1) is 11.0. The van der Waals surface area contributed by atoms with Gasteiger partial charge in [-0.05, 0) is 11.6 Å². The summed E-state index contributed by atoms with van der Waals surface area (Å²) in [7, 11) is 0. The van der Waals surface area contributed by atoms with Gasteiger partial charge in [-0.1, -0.05) is 29.5 Å². The molecule has 0 aliphatic rings. The van der Waals surface area contributed by atoms with E-state index in [0.717, 1.165) is 16.9 Å². The van der Waals surface area contributed by atoms with Gasteiger partial charge in [-0.3, -0.25) is 9.59 Å². The number of carboxylic acids is 1. The third kappa shape index (κ3) is 3.19. The summed E-state index contributed by atoms with van der Waals surface area (Å²) in [4.78, 5) is 23.4. The molecule has 1 aromatic carbocycles. The minimum Gasteiger partial charge on any atom is -0.481 e. The van der Waals surface area contributed by atoms with E-state index in [4.69, 9.17) is 10.8 Å². The molecule has 9 heteroatoms. The van der Waals surface area contributed by atoms with E-state index in [1.54, 1.807) is 6.07 Å². The number of aromatic nitrogens is 4. The van der Waals surface area contributed by atoms with Gasteiger partial charge in [0, 0.05) is 18.5 Å². The number of carbonyl (C=O) groups is 1. The zero-order chi connectivity index (χ0) is 16.4. The number of nitrogen functional groups attached to an aromatic ring is 1. The van der Waals surface area contributed by atoms with Crippen molar-refractivity contribution in [3.8, 4) is 0 Å². The Balaban J connectivity index is 1.94. The van der Waals surface area contributed by atoms with Crippen LogP contribution in [0.4, 0.5) is 5.69 Å². The molecular formula is C14H13N5O3S. The van der Waals surface area contributed by atoms with E-state index < -0.39 is 5.97 Å². The molecular weight excluding hydrogens is 318 g/mol. The fourth-order valence-corrected chi connectivity index (χ4v) is 2.92. The zero-order valence-corrected chi connectivity index (χ0v) is 12.8. The van der Waals surface area contributed by atoms with Crippen LogP contribution in [0.3, 0.4) is 0 Å². The van der Waals surface area contributed by atoms with E-state index >= 15 is 0 Å². The van der Waals surface area contributed by atoms with Crippen molar-refractivity contribution in [2.24, 2.45) is 0 Å². The lowest BCUT2D eigenvalue weighted by molar-refractivity contribution is -0.136. The summed E-state index contributed by atoms with van der Waals surface area (Å²) in [6, 6.07) is 7.23. The van der Waals surface area contributed by atoms with Crippen LogP contribution in [0, 0.1) is 0 Å². The normalized spacial score (nSPS) is 11.0. The lowest BCUT2D eigenvalue weighted by atomic mass is 10.1. The Morgan fingerprint density at radius 3 is 2.83 bits per heavy atom. The quantitative estimate of drug-likeness (QED) is 0.661. The fourth-order valence-electron chi connectivity index (χ4n) is 2.09. The average Bonchev–Trinajstić information content (AvgIpc) is 2.94. The molecule has 0 amide bonds. The van der Waals surface area contributed by atoms with Crippen molar-refractivity contribution >= 4 is 28.0 Å². The van der Waals surface area contributed by atoms with E-state index in [2.05, 4.69) is 15.3 Å². The molecule has 0 fully saturated rings. The van der Waals surface area contributed by atoms with Gasteiger partial charge in [0.05, 0.1) is 6.42 Å². The number of benzene rings is 1. The molecule has 0 radical (unpaired) electrons. The van der Waals surface area contributed by atoms with Gasteiger partial charge in [0.1, 0.15) is 10.7 Å². The van der Waals surface area contributed by atoms with Gasteiger partial charge in [0.25, 0.3) is 5.56 Å². The number of hydrogen-bond acceptors (Lipinski definition) is 7. The maximum absolute atomic E-state index is 12.4. The van der Waals surface area contributed by atoms with Crippen LogP contribution in [0.15, 0.2) is 29.1 Å². The molecule has 3 N–H and O–H groups in total. The standard InChI is InChI=1S/C14H13N5O3S/c15-9-4-2-1-3-8(9)7-10-13(22)19-14(17-16-10)23-11(18-19)5-6-12(20)21/h1-4H,5-7,15H2,(H,20,21). The summed E-state index contributed by atoms with van der Waals surface area (Å²) in [5, 5.41) is 21.3. The van der Waals surface area contributed by atoms with E-state index in [-0.39, 0.29) is 30.5 Å². The zero-order valence-electron chi connectivity index (χ0n) is 12.0. The van der Waals surface area contributed by atoms with Gasteiger partial charge in [0.2, 0.25) is 4.96 Å². The second-order valence-electron chi connectivity index (χ2n) is 4.91. The number of para-hydroxylation sites is 1. The average molecular weight is 331 g/mol. The molecule has 23 heavy (non-hydrogen) atoms. The molecule has 0 aliphatic carbocycles. The van der Waals surface area contributed by atoms with Crippen LogP contribution in [-0.2, 0) is 17.6 Å². The summed E-state index contributed by atoms with van der Waals surface area (Å²) in [5.74, 6) is -0.914. The van der Waals surface area contributed by atoms with Crippen LogP contribution in [0.25, 0.3) is 4.96 Å². The third-order valence-corrected chi connectivity index (χ3v) is 4.22. The number of hydrogen-bond donors (Lipinski definition) is 2. The fraction of sp³-hybridized carbons (Fsp3) is 0.214. The second-order valence-corrected chi connectivity index (χ2v) is 5.95. The van der Waals surface area contributed by atoms with Crippen molar-refractivity contribution in [2.45, 2.75) is 19.3 Å². The Morgan fingerprint density at radius 1 is 1.30 bits per heavy atom. The smallest absolute Gasteiger partial charge is 0.303 e. The topological polar surface area (TPSA) is 123 Å². The van der Waals surface area contributed by atoms with Gasteiger partial charge in [-0.25, -0.2) is 0 Å². The van der Waals surface area contributed by atoms with Crippen molar-refractivity contribution in [3.05, 3.63) is 50.9 Å². The summed E-state index contributed by atoms with van der Waals surface area (Å²) >= 11 is 1.16. The second kappa shape index (κ2) is 6.13. The molecule has 118 valence electrons. The number of aliphatic carboxylic acids is 1. The molecule has 3 aromatic rings. The molecule has 0 spiro atoms. The molecule has 0 aliphatic heterocycles. The number of rotatable bonds is 5. The van der Waals surface area contributed by atoms with Crippen molar-refractivity contribution in [1.82, 2.24) is 19.8 Å². The first-order valence-electron chi connectivity index (χ1n) is 6.84. The predicted octanol–water partition coefficient (Wildman–Crippen LogP) is 0.736. The Labute approximate surface area is 134 Å². The van der Waals surface area contributed by atoms with Gasteiger partial charge in [-0.2, -0.15) is 9.61 Å². The van der Waals surface area contributed by atoms with Crippen molar-refractivity contribution in [2.75, 3.05) is 5.73 Å². The Kier molecular flexibility index (Phi) is 4.02. The summed E-state index contributed by atoms with van der Waals surface area (Å²) in [6.07, 6.45) is 0.475. The summed E-state index contributed by atoms with van der Waals surface area (Å²) in [6.45, 7) is 0. The predicted molar refractivity (Wildman–Crippen MR) is 84.5 cm³/mol. The first kappa shape index (κ1) is 15.1.